The van der Waals surface area contributed by atoms with E-state index < -0.39 is 23.6 Å². The van der Waals surface area contributed by atoms with Gasteiger partial charge in [0, 0.05) is 12.2 Å². The van der Waals surface area contributed by atoms with Crippen molar-refractivity contribution in [2.45, 2.75) is 19.1 Å². The molecule has 1 aliphatic rings. The van der Waals surface area contributed by atoms with Crippen LogP contribution in [0.15, 0.2) is 24.4 Å². The van der Waals surface area contributed by atoms with Crippen molar-refractivity contribution >= 4 is 11.7 Å². The molecule has 0 bridgehead atoms. The minimum absolute atomic E-state index is 0.0316. The molecule has 3 rings (SSSR count). The summed E-state index contributed by atoms with van der Waals surface area (Å²) in [4.78, 5) is 13.6. The number of hydrogen-bond acceptors (Lipinski definition) is 2. The average Bonchev–Trinajstić information content (AvgIpc) is 2.93. The van der Waals surface area contributed by atoms with E-state index in [1.54, 1.807) is 6.20 Å². The first-order chi connectivity index (χ1) is 10.8. The van der Waals surface area contributed by atoms with Crippen LogP contribution in [0.25, 0.3) is 0 Å². The Kier molecular flexibility index (Phi) is 3.70. The highest BCUT2D eigenvalue weighted by molar-refractivity contribution is 5.89. The molecular weight excluding hydrogens is 316 g/mol. The zero-order valence-corrected chi connectivity index (χ0v) is 11.7. The monoisotopic (exact) mass is 328 g/mol. The number of carbonyl (C=O) groups excluding carboxylic acids is 1. The fraction of sp³-hybridized carbons (Fsp3) is 0.286. The number of nitrogens with one attached hydrogen (secondary N) is 2. The van der Waals surface area contributed by atoms with Crippen molar-refractivity contribution in [3.8, 4) is 0 Å². The van der Waals surface area contributed by atoms with E-state index >= 15 is 0 Å². The summed E-state index contributed by atoms with van der Waals surface area (Å²) in [5.41, 5.74) is 0.436. The maximum Gasteiger partial charge on any atom is 0.419 e. The van der Waals surface area contributed by atoms with Crippen LogP contribution in [0.4, 0.5) is 28.0 Å². The molecular formula is C14H12F4N4O. The first-order valence-corrected chi connectivity index (χ1v) is 6.78. The van der Waals surface area contributed by atoms with Crippen LogP contribution in [0.1, 0.15) is 16.8 Å². The molecule has 2 aromatic rings. The lowest BCUT2D eigenvalue weighted by molar-refractivity contribution is -0.139. The highest BCUT2D eigenvalue weighted by Gasteiger charge is 2.34. The summed E-state index contributed by atoms with van der Waals surface area (Å²) in [6.07, 6.45) is -2.45. The van der Waals surface area contributed by atoms with Crippen molar-refractivity contribution in [2.75, 3.05) is 11.9 Å². The van der Waals surface area contributed by atoms with Gasteiger partial charge in [-0.3, -0.25) is 5.10 Å². The van der Waals surface area contributed by atoms with Gasteiger partial charge in [-0.15, -0.1) is 0 Å². The molecule has 9 heteroatoms. The van der Waals surface area contributed by atoms with Crippen molar-refractivity contribution in [1.82, 2.24) is 15.1 Å². The Bertz CT molecular complexity index is 741. The predicted molar refractivity (Wildman–Crippen MR) is 73.1 cm³/mol. The molecule has 1 aromatic heterocycles. The quantitative estimate of drug-likeness (QED) is 0.790. The fourth-order valence-electron chi connectivity index (χ4n) is 2.41. The lowest BCUT2D eigenvalue weighted by Crippen LogP contribution is -2.38. The van der Waals surface area contributed by atoms with Crippen molar-refractivity contribution < 1.29 is 22.4 Å². The van der Waals surface area contributed by atoms with Gasteiger partial charge in [0.05, 0.1) is 24.0 Å². The Morgan fingerprint density at radius 2 is 2.13 bits per heavy atom. The van der Waals surface area contributed by atoms with Gasteiger partial charge in [0.25, 0.3) is 0 Å². The van der Waals surface area contributed by atoms with E-state index in [4.69, 9.17) is 0 Å². The smallest absolute Gasteiger partial charge is 0.318 e. The molecule has 5 nitrogen and oxygen atoms in total. The molecule has 2 N–H and O–H groups in total. The summed E-state index contributed by atoms with van der Waals surface area (Å²) in [5, 5.41) is 9.07. The number of H-pyrrole nitrogens is 1. The number of hydrogen-bond donors (Lipinski definition) is 2. The minimum Gasteiger partial charge on any atom is -0.318 e. The van der Waals surface area contributed by atoms with Crippen LogP contribution in [-0.4, -0.2) is 27.7 Å². The second-order valence-electron chi connectivity index (χ2n) is 5.17. The first-order valence-electron chi connectivity index (χ1n) is 6.78. The molecule has 0 unspecified atom stereocenters. The Balaban J connectivity index is 1.70. The standard InChI is InChI=1S/C14H12F4N4O/c15-11-5-9(1-2-10(11)14(16,17)18)20-13(23)22-4-3-8-6-19-21-12(8)7-22/h1-2,5-6H,3-4,7H2,(H,19,21)(H,20,23). The van der Waals surface area contributed by atoms with E-state index in [2.05, 4.69) is 15.5 Å². The number of fused-ring (bicyclic) bond motifs is 1. The van der Waals surface area contributed by atoms with E-state index in [0.29, 0.717) is 31.6 Å². The normalized spacial score (nSPS) is 14.5. The first kappa shape index (κ1) is 15.3. The number of amides is 2. The topological polar surface area (TPSA) is 61.0 Å². The van der Waals surface area contributed by atoms with Crippen LogP contribution in [0.5, 0.6) is 0 Å². The molecule has 0 radical (unpaired) electrons. The third-order valence-corrected chi connectivity index (χ3v) is 3.62. The van der Waals surface area contributed by atoms with Crippen molar-refractivity contribution in [3.05, 3.63) is 47.0 Å². The maximum absolute atomic E-state index is 13.5. The van der Waals surface area contributed by atoms with Gasteiger partial charge in [0.15, 0.2) is 0 Å². The number of urea groups is 1. The van der Waals surface area contributed by atoms with Crippen LogP contribution < -0.4 is 5.32 Å². The Labute approximate surface area is 128 Å². The van der Waals surface area contributed by atoms with Crippen LogP contribution in [0.2, 0.25) is 0 Å². The highest BCUT2D eigenvalue weighted by atomic mass is 19.4. The molecule has 1 aliphatic heterocycles. The molecule has 0 saturated carbocycles. The number of aromatic amines is 1. The van der Waals surface area contributed by atoms with E-state index in [0.717, 1.165) is 17.3 Å². The molecule has 0 atom stereocenters. The van der Waals surface area contributed by atoms with Gasteiger partial charge in [-0.05, 0) is 30.2 Å². The molecule has 1 aromatic carbocycles. The van der Waals surface area contributed by atoms with E-state index in [1.165, 1.54) is 4.90 Å². The number of carbonyl (C=O) groups is 1. The second-order valence-corrected chi connectivity index (χ2v) is 5.17. The Morgan fingerprint density at radius 3 is 2.83 bits per heavy atom. The van der Waals surface area contributed by atoms with Gasteiger partial charge in [-0.1, -0.05) is 0 Å². The summed E-state index contributed by atoms with van der Waals surface area (Å²) < 4.78 is 51.0. The number of anilines is 1. The average molecular weight is 328 g/mol. The zero-order valence-electron chi connectivity index (χ0n) is 11.7. The summed E-state index contributed by atoms with van der Waals surface area (Å²) >= 11 is 0. The molecule has 122 valence electrons. The van der Waals surface area contributed by atoms with Crippen LogP contribution in [0, 0.1) is 5.82 Å². The number of rotatable bonds is 1. The second kappa shape index (κ2) is 5.56. The molecule has 0 fully saturated rings. The Morgan fingerprint density at radius 1 is 1.35 bits per heavy atom. The van der Waals surface area contributed by atoms with Gasteiger partial charge >= 0.3 is 12.2 Å². The lowest BCUT2D eigenvalue weighted by atomic mass is 10.1. The summed E-state index contributed by atoms with van der Waals surface area (Å²) in [6.45, 7) is 0.756. The zero-order chi connectivity index (χ0) is 16.6. The molecule has 23 heavy (non-hydrogen) atoms. The van der Waals surface area contributed by atoms with Gasteiger partial charge < -0.3 is 10.2 Å². The highest BCUT2D eigenvalue weighted by Crippen LogP contribution is 2.32. The number of benzene rings is 1. The lowest BCUT2D eigenvalue weighted by Gasteiger charge is -2.26. The molecule has 0 saturated heterocycles. The number of halogens is 4. The largest absolute Gasteiger partial charge is 0.419 e. The molecule has 0 aliphatic carbocycles. The molecule has 2 heterocycles. The number of aromatic nitrogens is 2. The number of alkyl halides is 3. The summed E-state index contributed by atoms with van der Waals surface area (Å²) in [5.74, 6) is -1.43. The van der Waals surface area contributed by atoms with E-state index in [-0.39, 0.29) is 5.69 Å². The molecule has 0 spiro atoms. The van der Waals surface area contributed by atoms with Gasteiger partial charge in [0.1, 0.15) is 5.82 Å². The fourth-order valence-corrected chi connectivity index (χ4v) is 2.41. The summed E-state index contributed by atoms with van der Waals surface area (Å²) in [6, 6.07) is 1.78. The van der Waals surface area contributed by atoms with E-state index in [1.807, 2.05) is 0 Å². The van der Waals surface area contributed by atoms with Crippen LogP contribution >= 0.6 is 0 Å². The maximum atomic E-state index is 13.5. The summed E-state index contributed by atoms with van der Waals surface area (Å²) in [7, 11) is 0. The van der Waals surface area contributed by atoms with Crippen molar-refractivity contribution in [1.29, 1.82) is 0 Å². The minimum atomic E-state index is -4.77. The third-order valence-electron chi connectivity index (χ3n) is 3.62. The Hall–Kier alpha value is -2.58. The predicted octanol–water partition coefficient (Wildman–Crippen LogP) is 3.16. The third kappa shape index (κ3) is 3.13. The van der Waals surface area contributed by atoms with Crippen molar-refractivity contribution in [2.24, 2.45) is 0 Å². The van der Waals surface area contributed by atoms with Gasteiger partial charge in [0.2, 0.25) is 0 Å². The number of nitrogens with zero attached hydrogens (tertiary/aromatic N) is 2. The van der Waals surface area contributed by atoms with E-state index in [9.17, 15) is 22.4 Å². The van der Waals surface area contributed by atoms with Gasteiger partial charge in [-0.2, -0.15) is 18.3 Å². The van der Waals surface area contributed by atoms with Gasteiger partial charge in [-0.25, -0.2) is 9.18 Å². The SMILES string of the molecule is O=C(Nc1ccc(C(F)(F)F)c(F)c1)N1CCc2cn[nH]c2C1. The van der Waals surface area contributed by atoms with Crippen LogP contribution in [0.3, 0.4) is 0 Å². The van der Waals surface area contributed by atoms with Crippen LogP contribution in [-0.2, 0) is 19.1 Å². The molecule has 2 amide bonds. The van der Waals surface area contributed by atoms with Crippen molar-refractivity contribution in [3.63, 3.8) is 0 Å².